The topological polar surface area (TPSA) is 121 Å². The molecule has 0 amide bonds. The first-order valence-electron chi connectivity index (χ1n) is 12.8. The lowest BCUT2D eigenvalue weighted by molar-refractivity contribution is 0.205. The average Bonchev–Trinajstić information content (AvgIpc) is 3.31. The molecule has 1 aliphatic rings. The molecule has 4 aromatic heterocycles. The van der Waals surface area contributed by atoms with E-state index in [4.69, 9.17) is 21.4 Å². The summed E-state index contributed by atoms with van der Waals surface area (Å²) in [6.45, 7) is 2.94. The molecule has 0 bridgehead atoms. The summed E-state index contributed by atoms with van der Waals surface area (Å²) in [6.07, 6.45) is 5.49. The number of likely N-dealkylation sites (tertiary alicyclic amines) is 1. The van der Waals surface area contributed by atoms with Crippen LogP contribution >= 0.6 is 0 Å². The van der Waals surface area contributed by atoms with Gasteiger partial charge in [0.1, 0.15) is 11.3 Å². The number of rotatable bonds is 5. The second-order valence-corrected chi connectivity index (χ2v) is 9.89. The zero-order chi connectivity index (χ0) is 26.2. The zero-order valence-electron chi connectivity index (χ0n) is 21.3. The normalized spacial score (nSPS) is 14.8. The van der Waals surface area contributed by atoms with Crippen molar-refractivity contribution >= 4 is 17.0 Å². The second kappa shape index (κ2) is 9.85. The van der Waals surface area contributed by atoms with Crippen LogP contribution in [0.4, 0.5) is 5.82 Å². The Morgan fingerprint density at radius 2 is 1.79 bits per heavy atom. The third-order valence-corrected chi connectivity index (χ3v) is 7.22. The third-order valence-electron chi connectivity index (χ3n) is 7.22. The van der Waals surface area contributed by atoms with Crippen LogP contribution in [0.15, 0.2) is 77.9 Å². The number of hydrogen-bond donors (Lipinski definition) is 2. The summed E-state index contributed by atoms with van der Waals surface area (Å²) in [7, 11) is 1.73. The molecular weight excluding hydrogens is 476 g/mol. The molecule has 1 saturated heterocycles. The highest BCUT2D eigenvalue weighted by molar-refractivity contribution is 5.84. The fourth-order valence-corrected chi connectivity index (χ4v) is 4.98. The molecule has 6 rings (SSSR count). The lowest BCUT2D eigenvalue weighted by Gasteiger charge is -2.30. The van der Waals surface area contributed by atoms with E-state index in [0.29, 0.717) is 29.0 Å². The van der Waals surface area contributed by atoms with Crippen molar-refractivity contribution in [2.75, 3.05) is 18.8 Å². The van der Waals surface area contributed by atoms with E-state index >= 15 is 0 Å². The Balaban J connectivity index is 1.45. The van der Waals surface area contributed by atoms with Crippen LogP contribution in [0.3, 0.4) is 0 Å². The number of nitrogen functional groups attached to an aromatic ring is 1. The second-order valence-electron chi connectivity index (χ2n) is 9.89. The zero-order valence-corrected chi connectivity index (χ0v) is 21.3. The fourth-order valence-electron chi connectivity index (χ4n) is 4.98. The number of nitrogens with zero attached hydrogens (tertiary/aromatic N) is 6. The minimum Gasteiger partial charge on any atom is -0.383 e. The van der Waals surface area contributed by atoms with Crippen molar-refractivity contribution in [1.82, 2.24) is 29.0 Å². The van der Waals surface area contributed by atoms with Crippen molar-refractivity contribution in [1.29, 1.82) is 0 Å². The molecule has 1 fully saturated rings. The van der Waals surface area contributed by atoms with Crippen molar-refractivity contribution in [2.24, 2.45) is 12.8 Å². The number of fused-ring (bicyclic) bond motifs is 1. The van der Waals surface area contributed by atoms with Crippen molar-refractivity contribution < 1.29 is 0 Å². The molecule has 4 N–H and O–H groups in total. The Bertz CT molecular complexity index is 1660. The standard InChI is InChI=1S/C29H30N8O/c1-35-14-10-20(17-26(35)38)24-8-9-25-29(33-24)37(28(34-25)23-3-2-13-32-27(23)31)22-6-4-19(5-7-22)18-36-15-11-21(30)12-16-36/h2-10,13-14,17,21H,11-12,15-16,18,30H2,1H3,(H2,31,32). The molecule has 38 heavy (non-hydrogen) atoms. The van der Waals surface area contributed by atoms with Crippen LogP contribution in [0.25, 0.3) is 39.5 Å². The Kier molecular flexibility index (Phi) is 6.22. The van der Waals surface area contributed by atoms with E-state index in [2.05, 4.69) is 34.1 Å². The number of benzene rings is 1. The van der Waals surface area contributed by atoms with E-state index in [1.807, 2.05) is 34.9 Å². The summed E-state index contributed by atoms with van der Waals surface area (Å²) >= 11 is 0. The average molecular weight is 507 g/mol. The van der Waals surface area contributed by atoms with Gasteiger partial charge in [0.15, 0.2) is 11.5 Å². The molecule has 9 heteroatoms. The molecule has 5 aromatic rings. The van der Waals surface area contributed by atoms with Crippen LogP contribution in [0.2, 0.25) is 0 Å². The van der Waals surface area contributed by atoms with Crippen molar-refractivity contribution in [3.8, 4) is 28.3 Å². The van der Waals surface area contributed by atoms with Crippen LogP contribution < -0.4 is 17.0 Å². The highest BCUT2D eigenvalue weighted by Crippen LogP contribution is 2.31. The van der Waals surface area contributed by atoms with Crippen LogP contribution in [0.5, 0.6) is 0 Å². The Hall–Kier alpha value is -4.34. The molecular formula is C29H30N8O. The predicted molar refractivity (Wildman–Crippen MR) is 150 cm³/mol. The number of imidazole rings is 1. The van der Waals surface area contributed by atoms with Crippen LogP contribution in [0, 0.1) is 0 Å². The predicted octanol–water partition coefficient (Wildman–Crippen LogP) is 3.35. The number of aryl methyl sites for hydroxylation is 1. The van der Waals surface area contributed by atoms with Gasteiger partial charge >= 0.3 is 0 Å². The highest BCUT2D eigenvalue weighted by atomic mass is 16.1. The molecule has 192 valence electrons. The van der Waals surface area contributed by atoms with Gasteiger partial charge in [0.25, 0.3) is 5.56 Å². The Labute approximate surface area is 220 Å². The van der Waals surface area contributed by atoms with Gasteiger partial charge in [-0.05, 0) is 74.0 Å². The molecule has 0 aliphatic carbocycles. The van der Waals surface area contributed by atoms with E-state index < -0.39 is 0 Å². The maximum atomic E-state index is 12.3. The molecule has 0 saturated carbocycles. The number of anilines is 1. The molecule has 1 aromatic carbocycles. The van der Waals surface area contributed by atoms with Gasteiger partial charge in [0.2, 0.25) is 0 Å². The van der Waals surface area contributed by atoms with E-state index in [0.717, 1.165) is 54.8 Å². The van der Waals surface area contributed by atoms with E-state index in [1.54, 1.807) is 25.5 Å². The Morgan fingerprint density at radius 3 is 2.53 bits per heavy atom. The third kappa shape index (κ3) is 4.57. The smallest absolute Gasteiger partial charge is 0.250 e. The van der Waals surface area contributed by atoms with E-state index in [1.165, 1.54) is 10.1 Å². The van der Waals surface area contributed by atoms with E-state index in [9.17, 15) is 4.79 Å². The number of nitrogens with two attached hydrogens (primary N) is 2. The lowest BCUT2D eigenvalue weighted by Crippen LogP contribution is -2.39. The van der Waals surface area contributed by atoms with Crippen molar-refractivity contribution in [3.63, 3.8) is 0 Å². The minimum atomic E-state index is -0.0898. The minimum absolute atomic E-state index is 0.0898. The summed E-state index contributed by atoms with van der Waals surface area (Å²) in [5, 5.41) is 0. The molecule has 0 unspecified atom stereocenters. The van der Waals surface area contributed by atoms with Gasteiger partial charge < -0.3 is 16.0 Å². The lowest BCUT2D eigenvalue weighted by atomic mass is 10.1. The molecule has 9 nitrogen and oxygen atoms in total. The maximum absolute atomic E-state index is 12.3. The molecule has 1 aliphatic heterocycles. The van der Waals surface area contributed by atoms with E-state index in [-0.39, 0.29) is 5.56 Å². The first kappa shape index (κ1) is 24.0. The van der Waals surface area contributed by atoms with Gasteiger partial charge in [0, 0.05) is 49.3 Å². The summed E-state index contributed by atoms with van der Waals surface area (Å²) < 4.78 is 3.55. The summed E-state index contributed by atoms with van der Waals surface area (Å²) in [5.74, 6) is 1.06. The highest BCUT2D eigenvalue weighted by Gasteiger charge is 2.20. The molecule has 0 radical (unpaired) electrons. The number of piperidine rings is 1. The number of aromatic nitrogens is 5. The van der Waals surface area contributed by atoms with Crippen LogP contribution in [0.1, 0.15) is 18.4 Å². The first-order chi connectivity index (χ1) is 18.5. The summed E-state index contributed by atoms with van der Waals surface area (Å²) in [6, 6.07) is 19.9. The molecule has 0 spiro atoms. The van der Waals surface area contributed by atoms with Gasteiger partial charge in [-0.25, -0.2) is 15.0 Å². The SMILES string of the molecule is Cn1ccc(-c2ccc3nc(-c4cccnc4N)n(-c4ccc(CN5CCC(N)CC5)cc4)c3n2)cc1=O. The van der Waals surface area contributed by atoms with Gasteiger partial charge in [-0.1, -0.05) is 12.1 Å². The van der Waals surface area contributed by atoms with Gasteiger partial charge in [0.05, 0.1) is 11.3 Å². The summed E-state index contributed by atoms with van der Waals surface area (Å²) in [4.78, 5) is 28.9. The van der Waals surface area contributed by atoms with Gasteiger partial charge in [-0.3, -0.25) is 14.3 Å². The summed E-state index contributed by atoms with van der Waals surface area (Å²) in [5.41, 5.74) is 18.0. The van der Waals surface area contributed by atoms with Crippen LogP contribution in [-0.4, -0.2) is 48.1 Å². The van der Waals surface area contributed by atoms with Gasteiger partial charge in [-0.2, -0.15) is 0 Å². The quantitative estimate of drug-likeness (QED) is 0.375. The molecule has 5 heterocycles. The number of hydrogen-bond acceptors (Lipinski definition) is 7. The van der Waals surface area contributed by atoms with Crippen LogP contribution in [-0.2, 0) is 13.6 Å². The van der Waals surface area contributed by atoms with Crippen molar-refractivity contribution in [2.45, 2.75) is 25.4 Å². The largest absolute Gasteiger partial charge is 0.383 e. The number of pyridine rings is 3. The van der Waals surface area contributed by atoms with Crippen molar-refractivity contribution in [3.05, 3.63) is 89.0 Å². The first-order valence-corrected chi connectivity index (χ1v) is 12.8. The fraction of sp³-hybridized carbons (Fsp3) is 0.241. The maximum Gasteiger partial charge on any atom is 0.250 e. The monoisotopic (exact) mass is 506 g/mol. The van der Waals surface area contributed by atoms with Gasteiger partial charge in [-0.15, -0.1) is 0 Å². The Morgan fingerprint density at radius 1 is 1.00 bits per heavy atom. The molecule has 0 atom stereocenters.